The number of hydrogen-bond donors (Lipinski definition) is 0. The largest absolute Gasteiger partial charge is 0.350 e. The molecular weight excluding hydrogens is 306 g/mol. The van der Waals surface area contributed by atoms with Crippen LogP contribution in [0.5, 0.6) is 0 Å². The van der Waals surface area contributed by atoms with Crippen LogP contribution in [0.25, 0.3) is 10.7 Å². The van der Waals surface area contributed by atoms with Crippen molar-refractivity contribution in [2.75, 3.05) is 14.2 Å². The quantitative estimate of drug-likeness (QED) is 0.813. The number of halogens is 1. The number of nitrogens with zero attached hydrogens (tertiary/aromatic N) is 3. The molecule has 5 nitrogen and oxygen atoms in total. The average molecular weight is 318 g/mol. The zero-order chi connectivity index (χ0) is 12.4. The molecule has 0 atom stereocenters. The van der Waals surface area contributed by atoms with Crippen LogP contribution in [0, 0.1) is 0 Å². The molecule has 17 heavy (non-hydrogen) atoms. The molecule has 0 spiro atoms. The van der Waals surface area contributed by atoms with E-state index in [1.807, 2.05) is 12.4 Å². The molecule has 0 bridgehead atoms. The molecule has 0 amide bonds. The third kappa shape index (κ3) is 2.28. The fraction of sp³-hybridized carbons (Fsp3) is 0.400. The van der Waals surface area contributed by atoms with E-state index in [0.717, 1.165) is 15.2 Å². The van der Waals surface area contributed by atoms with Crippen molar-refractivity contribution in [3.05, 3.63) is 21.7 Å². The van der Waals surface area contributed by atoms with Gasteiger partial charge in [0.1, 0.15) is 16.4 Å². The van der Waals surface area contributed by atoms with Gasteiger partial charge >= 0.3 is 0 Å². The van der Waals surface area contributed by atoms with Crippen LogP contribution < -0.4 is 0 Å². The second kappa shape index (κ2) is 5.26. The van der Waals surface area contributed by atoms with Crippen molar-refractivity contribution in [3.8, 4) is 10.7 Å². The highest BCUT2D eigenvalue weighted by atomic mass is 79.9. The molecule has 0 aliphatic carbocycles. The Morgan fingerprint density at radius 2 is 2.12 bits per heavy atom. The maximum atomic E-state index is 5.21. The van der Waals surface area contributed by atoms with Crippen LogP contribution in [0.3, 0.4) is 0 Å². The van der Waals surface area contributed by atoms with Crippen LogP contribution in [-0.4, -0.2) is 29.0 Å². The van der Waals surface area contributed by atoms with Gasteiger partial charge in [0.15, 0.2) is 0 Å². The summed E-state index contributed by atoms with van der Waals surface area (Å²) in [6, 6.07) is 0. The molecule has 92 valence electrons. The van der Waals surface area contributed by atoms with Crippen LogP contribution >= 0.6 is 27.3 Å². The van der Waals surface area contributed by atoms with Gasteiger partial charge in [-0.1, -0.05) is 0 Å². The highest BCUT2D eigenvalue weighted by Gasteiger charge is 2.23. The standard InChI is InChI=1S/C10H12BrN3O2S/c1-14-8(9-12-4-5-17-9)6(11)7(13-14)10(15-2)16-3/h4-5,10H,1-3H3. The summed E-state index contributed by atoms with van der Waals surface area (Å²) >= 11 is 5.09. The first-order valence-corrected chi connectivity index (χ1v) is 6.54. The predicted octanol–water partition coefficient (Wildman–Crippen LogP) is 2.60. The monoisotopic (exact) mass is 317 g/mol. The van der Waals surface area contributed by atoms with Gasteiger partial charge in [0.05, 0.1) is 4.47 Å². The Morgan fingerprint density at radius 1 is 1.41 bits per heavy atom. The summed E-state index contributed by atoms with van der Waals surface area (Å²) < 4.78 is 13.0. The second-order valence-electron chi connectivity index (χ2n) is 3.31. The smallest absolute Gasteiger partial charge is 0.203 e. The lowest BCUT2D eigenvalue weighted by Gasteiger charge is -2.10. The minimum atomic E-state index is -0.482. The molecule has 0 radical (unpaired) electrons. The molecule has 2 rings (SSSR count). The lowest BCUT2D eigenvalue weighted by molar-refractivity contribution is -0.109. The molecule has 2 aromatic rings. The van der Waals surface area contributed by atoms with E-state index in [4.69, 9.17) is 9.47 Å². The van der Waals surface area contributed by atoms with Crippen LogP contribution in [-0.2, 0) is 16.5 Å². The molecule has 0 aliphatic rings. The molecule has 0 fully saturated rings. The van der Waals surface area contributed by atoms with Crippen molar-refractivity contribution in [3.63, 3.8) is 0 Å². The van der Waals surface area contributed by atoms with Crippen molar-refractivity contribution in [2.45, 2.75) is 6.29 Å². The minimum Gasteiger partial charge on any atom is -0.350 e. The SMILES string of the molecule is COC(OC)c1nn(C)c(-c2nccs2)c1Br. The number of methoxy groups -OCH3 is 2. The molecule has 0 N–H and O–H groups in total. The molecule has 0 unspecified atom stereocenters. The van der Waals surface area contributed by atoms with Crippen LogP contribution in [0.1, 0.15) is 12.0 Å². The maximum Gasteiger partial charge on any atom is 0.203 e. The first-order chi connectivity index (χ1) is 8.19. The summed E-state index contributed by atoms with van der Waals surface area (Å²) in [7, 11) is 5.03. The van der Waals surface area contributed by atoms with Gasteiger partial charge in [-0.25, -0.2) is 4.98 Å². The third-order valence-electron chi connectivity index (χ3n) is 2.30. The number of hydrogen-bond acceptors (Lipinski definition) is 5. The van der Waals surface area contributed by atoms with Crippen molar-refractivity contribution in [1.82, 2.24) is 14.8 Å². The van der Waals surface area contributed by atoms with Crippen molar-refractivity contribution in [1.29, 1.82) is 0 Å². The normalized spacial score (nSPS) is 11.4. The topological polar surface area (TPSA) is 49.2 Å². The number of ether oxygens (including phenoxy) is 2. The van der Waals surface area contributed by atoms with Crippen LogP contribution in [0.4, 0.5) is 0 Å². The molecule has 0 aliphatic heterocycles. The van der Waals surface area contributed by atoms with Gasteiger partial charge in [-0.05, 0) is 15.9 Å². The van der Waals surface area contributed by atoms with E-state index < -0.39 is 6.29 Å². The Labute approximate surface area is 112 Å². The van der Waals surface area contributed by atoms with E-state index in [2.05, 4.69) is 26.0 Å². The second-order valence-corrected chi connectivity index (χ2v) is 5.00. The molecule has 7 heteroatoms. The highest BCUT2D eigenvalue weighted by Crippen LogP contribution is 2.35. The van der Waals surface area contributed by atoms with E-state index in [-0.39, 0.29) is 0 Å². The average Bonchev–Trinajstić information content (AvgIpc) is 2.90. The molecule has 2 heterocycles. The van der Waals surface area contributed by atoms with E-state index in [9.17, 15) is 0 Å². The van der Waals surface area contributed by atoms with Crippen molar-refractivity contribution in [2.24, 2.45) is 7.05 Å². The Kier molecular flexibility index (Phi) is 3.93. The fourth-order valence-electron chi connectivity index (χ4n) is 1.56. The minimum absolute atomic E-state index is 0.482. The number of rotatable bonds is 4. The zero-order valence-corrected chi connectivity index (χ0v) is 12.1. The third-order valence-corrected chi connectivity index (χ3v) is 3.86. The Bertz CT molecular complexity index is 494. The molecule has 2 aromatic heterocycles. The predicted molar refractivity (Wildman–Crippen MR) is 68.8 cm³/mol. The zero-order valence-electron chi connectivity index (χ0n) is 9.68. The van der Waals surface area contributed by atoms with E-state index in [1.54, 1.807) is 36.4 Å². The fourth-order valence-corrected chi connectivity index (χ4v) is 3.12. The lowest BCUT2D eigenvalue weighted by Crippen LogP contribution is -2.05. The lowest BCUT2D eigenvalue weighted by atomic mass is 10.3. The van der Waals surface area contributed by atoms with Gasteiger partial charge < -0.3 is 9.47 Å². The van der Waals surface area contributed by atoms with Crippen LogP contribution in [0.2, 0.25) is 0 Å². The first kappa shape index (κ1) is 12.7. The van der Waals surface area contributed by atoms with E-state index in [0.29, 0.717) is 5.69 Å². The Morgan fingerprint density at radius 3 is 2.65 bits per heavy atom. The molecule has 0 saturated carbocycles. The Balaban J connectivity index is 2.49. The summed E-state index contributed by atoms with van der Waals surface area (Å²) in [4.78, 5) is 4.28. The first-order valence-electron chi connectivity index (χ1n) is 4.86. The van der Waals surface area contributed by atoms with Crippen molar-refractivity contribution >= 4 is 27.3 Å². The van der Waals surface area contributed by atoms with E-state index in [1.165, 1.54) is 0 Å². The van der Waals surface area contributed by atoms with E-state index >= 15 is 0 Å². The van der Waals surface area contributed by atoms with Gasteiger partial charge in [-0.3, -0.25) is 4.68 Å². The summed E-state index contributed by atoms with van der Waals surface area (Å²) in [5.41, 5.74) is 1.64. The summed E-state index contributed by atoms with van der Waals surface area (Å²) in [6.07, 6.45) is 1.28. The maximum absolute atomic E-state index is 5.21. The van der Waals surface area contributed by atoms with Gasteiger partial charge in [0, 0.05) is 32.8 Å². The highest BCUT2D eigenvalue weighted by molar-refractivity contribution is 9.10. The van der Waals surface area contributed by atoms with Gasteiger partial charge in [-0.15, -0.1) is 11.3 Å². The van der Waals surface area contributed by atoms with Crippen LogP contribution in [0.15, 0.2) is 16.0 Å². The van der Waals surface area contributed by atoms with Gasteiger partial charge in [-0.2, -0.15) is 5.10 Å². The molecule has 0 aromatic carbocycles. The number of aryl methyl sites for hydroxylation is 1. The van der Waals surface area contributed by atoms with Gasteiger partial charge in [0.25, 0.3) is 0 Å². The number of aromatic nitrogens is 3. The summed E-state index contributed by atoms with van der Waals surface area (Å²) in [5, 5.41) is 7.23. The molecule has 0 saturated heterocycles. The summed E-state index contributed by atoms with van der Waals surface area (Å²) in [6.45, 7) is 0. The summed E-state index contributed by atoms with van der Waals surface area (Å²) in [5.74, 6) is 0. The Hall–Kier alpha value is -0.760. The van der Waals surface area contributed by atoms with Gasteiger partial charge in [0.2, 0.25) is 6.29 Å². The molecular formula is C10H12BrN3O2S. The number of thiazole rings is 1. The van der Waals surface area contributed by atoms with Crippen molar-refractivity contribution < 1.29 is 9.47 Å².